The minimum atomic E-state index is -3.83. The highest BCUT2D eigenvalue weighted by molar-refractivity contribution is 7.92. The van der Waals surface area contributed by atoms with Crippen LogP contribution in [0.1, 0.15) is 38.2 Å². The van der Waals surface area contributed by atoms with E-state index in [1.807, 2.05) is 51.1 Å². The maximum Gasteiger partial charge on any atom is 0.262 e. The normalized spacial score (nSPS) is 11.2. The van der Waals surface area contributed by atoms with Gasteiger partial charge in [0.1, 0.15) is 0 Å². The Morgan fingerprint density at radius 2 is 1.47 bits per heavy atom. The number of hydrogen-bond acceptors (Lipinski definition) is 3. The summed E-state index contributed by atoms with van der Waals surface area (Å²) in [5.41, 5.74) is 5.57. The van der Waals surface area contributed by atoms with Crippen LogP contribution < -0.4 is 10.0 Å². The van der Waals surface area contributed by atoms with E-state index in [4.69, 9.17) is 0 Å². The van der Waals surface area contributed by atoms with Gasteiger partial charge in [0.2, 0.25) is 0 Å². The summed E-state index contributed by atoms with van der Waals surface area (Å²) < 4.78 is 28.5. The molecule has 0 radical (unpaired) electrons. The topological polar surface area (TPSA) is 75.3 Å². The summed E-state index contributed by atoms with van der Waals surface area (Å²) in [7, 11) is -3.83. The molecular weight excluding hydrogens is 396 g/mol. The van der Waals surface area contributed by atoms with Crippen LogP contribution in [-0.2, 0) is 16.6 Å². The molecule has 30 heavy (non-hydrogen) atoms. The van der Waals surface area contributed by atoms with E-state index in [-0.39, 0.29) is 10.8 Å². The number of carbonyl (C=O) groups is 1. The summed E-state index contributed by atoms with van der Waals surface area (Å²) in [6.07, 6.45) is 0. The molecule has 0 unspecified atom stereocenters. The Hall–Kier alpha value is -3.12. The molecule has 0 saturated heterocycles. The van der Waals surface area contributed by atoms with Gasteiger partial charge in [0.05, 0.1) is 4.90 Å². The zero-order valence-electron chi connectivity index (χ0n) is 17.6. The second-order valence-corrected chi connectivity index (χ2v) is 9.20. The molecule has 0 aliphatic carbocycles. The van der Waals surface area contributed by atoms with Crippen molar-refractivity contribution in [3.63, 3.8) is 0 Å². The summed E-state index contributed by atoms with van der Waals surface area (Å²) in [4.78, 5) is 12.7. The Morgan fingerprint density at radius 3 is 2.13 bits per heavy atom. The summed E-state index contributed by atoms with van der Waals surface area (Å²) in [5, 5.41) is 2.84. The average molecular weight is 423 g/mol. The van der Waals surface area contributed by atoms with E-state index in [0.29, 0.717) is 23.4 Å². The van der Waals surface area contributed by atoms with Crippen molar-refractivity contribution < 1.29 is 13.2 Å². The Kier molecular flexibility index (Phi) is 6.27. The molecule has 0 spiro atoms. The van der Waals surface area contributed by atoms with Crippen LogP contribution in [0.4, 0.5) is 5.69 Å². The van der Waals surface area contributed by atoms with E-state index < -0.39 is 10.0 Å². The van der Waals surface area contributed by atoms with Gasteiger partial charge in [-0.25, -0.2) is 8.42 Å². The van der Waals surface area contributed by atoms with Gasteiger partial charge in [-0.15, -0.1) is 0 Å². The third kappa shape index (κ3) is 5.07. The molecule has 0 atom stereocenters. The van der Waals surface area contributed by atoms with Crippen molar-refractivity contribution in [2.24, 2.45) is 0 Å². The van der Waals surface area contributed by atoms with Gasteiger partial charge in [0.15, 0.2) is 0 Å². The molecule has 0 bridgehead atoms. The number of carbonyl (C=O) groups excluding carboxylic acids is 1. The Bertz CT molecular complexity index is 1180. The largest absolute Gasteiger partial charge is 0.348 e. The van der Waals surface area contributed by atoms with E-state index in [1.165, 1.54) is 6.07 Å². The second-order valence-electron chi connectivity index (χ2n) is 7.55. The number of hydrogen-bond donors (Lipinski definition) is 2. The monoisotopic (exact) mass is 422 g/mol. The number of rotatable bonds is 6. The number of sulfonamides is 1. The van der Waals surface area contributed by atoms with Crippen molar-refractivity contribution >= 4 is 21.6 Å². The summed E-state index contributed by atoms with van der Waals surface area (Å²) >= 11 is 0. The lowest BCUT2D eigenvalue weighted by Gasteiger charge is -2.13. The molecule has 3 aromatic carbocycles. The molecular formula is C24H26N2O3S. The van der Waals surface area contributed by atoms with E-state index in [9.17, 15) is 13.2 Å². The molecule has 3 aromatic rings. The van der Waals surface area contributed by atoms with Crippen molar-refractivity contribution in [1.82, 2.24) is 5.32 Å². The van der Waals surface area contributed by atoms with Gasteiger partial charge in [0.25, 0.3) is 15.9 Å². The Morgan fingerprint density at radius 1 is 0.800 bits per heavy atom. The number of nitrogens with one attached hydrogen (secondary N) is 2. The minimum absolute atomic E-state index is 0.0868. The lowest BCUT2D eigenvalue weighted by molar-refractivity contribution is 0.0950. The highest BCUT2D eigenvalue weighted by Crippen LogP contribution is 2.22. The van der Waals surface area contributed by atoms with Crippen molar-refractivity contribution in [2.45, 2.75) is 39.1 Å². The van der Waals surface area contributed by atoms with Crippen molar-refractivity contribution in [3.8, 4) is 0 Å². The van der Waals surface area contributed by atoms with Gasteiger partial charge in [-0.05, 0) is 74.2 Å². The van der Waals surface area contributed by atoms with Crippen LogP contribution in [0.15, 0.2) is 65.6 Å². The van der Waals surface area contributed by atoms with Crippen molar-refractivity contribution in [2.75, 3.05) is 4.72 Å². The van der Waals surface area contributed by atoms with E-state index >= 15 is 0 Å². The number of amides is 1. The fourth-order valence-corrected chi connectivity index (χ4v) is 4.36. The molecule has 3 rings (SSSR count). The van der Waals surface area contributed by atoms with Gasteiger partial charge in [-0.1, -0.05) is 42.0 Å². The van der Waals surface area contributed by atoms with Gasteiger partial charge >= 0.3 is 0 Å². The second kappa shape index (κ2) is 8.71. The van der Waals surface area contributed by atoms with Crippen LogP contribution in [0.3, 0.4) is 0 Å². The molecule has 0 aromatic heterocycles. The van der Waals surface area contributed by atoms with E-state index in [0.717, 1.165) is 22.3 Å². The highest BCUT2D eigenvalue weighted by Gasteiger charge is 2.19. The number of anilines is 1. The fourth-order valence-electron chi connectivity index (χ4n) is 3.04. The molecule has 1 amide bonds. The zero-order valence-corrected chi connectivity index (χ0v) is 18.4. The molecule has 0 aliphatic rings. The molecule has 0 heterocycles. The maximum atomic E-state index is 13.0. The molecule has 2 N–H and O–H groups in total. The van der Waals surface area contributed by atoms with Crippen LogP contribution in [0.25, 0.3) is 0 Å². The molecule has 0 aliphatic heterocycles. The summed E-state index contributed by atoms with van der Waals surface area (Å²) in [6, 6.07) is 18.0. The first-order chi connectivity index (χ1) is 14.2. The average Bonchev–Trinajstić information content (AvgIpc) is 2.70. The smallest absolute Gasteiger partial charge is 0.262 e. The van der Waals surface area contributed by atoms with Crippen LogP contribution in [-0.4, -0.2) is 14.3 Å². The number of aryl methyl sites for hydroxylation is 4. The van der Waals surface area contributed by atoms with Gasteiger partial charge < -0.3 is 5.32 Å². The molecule has 0 saturated carbocycles. The fraction of sp³-hybridized carbons (Fsp3) is 0.208. The molecule has 156 valence electrons. The first kappa shape index (κ1) is 21.6. The summed E-state index contributed by atoms with van der Waals surface area (Å²) in [6.45, 7) is 7.98. The standard InChI is InChI=1S/C24H26N2O3S/c1-16-5-9-20(10-6-16)15-25-24(27)21-11-7-18(3)23(14-21)30(28,29)26-22-12-8-17(2)19(4)13-22/h5-14,26H,15H2,1-4H3,(H,25,27). The SMILES string of the molecule is Cc1ccc(CNC(=O)c2ccc(C)c(S(=O)(=O)Nc3ccc(C)c(C)c3)c2)cc1. The molecule has 0 fully saturated rings. The van der Waals surface area contributed by atoms with Crippen molar-refractivity contribution in [3.05, 3.63) is 94.0 Å². The zero-order chi connectivity index (χ0) is 21.9. The lowest BCUT2D eigenvalue weighted by atomic mass is 10.1. The third-order valence-corrected chi connectivity index (χ3v) is 6.60. The van der Waals surface area contributed by atoms with Gasteiger partial charge in [-0.2, -0.15) is 0 Å². The molecule has 6 heteroatoms. The molecule has 5 nitrogen and oxygen atoms in total. The van der Waals surface area contributed by atoms with Crippen LogP contribution in [0, 0.1) is 27.7 Å². The first-order valence-electron chi connectivity index (χ1n) is 9.70. The Balaban J connectivity index is 1.80. The van der Waals surface area contributed by atoms with E-state index in [2.05, 4.69) is 10.0 Å². The highest BCUT2D eigenvalue weighted by atomic mass is 32.2. The number of benzene rings is 3. The van der Waals surface area contributed by atoms with Crippen LogP contribution in [0.2, 0.25) is 0 Å². The van der Waals surface area contributed by atoms with Crippen LogP contribution in [0.5, 0.6) is 0 Å². The van der Waals surface area contributed by atoms with Crippen LogP contribution >= 0.6 is 0 Å². The predicted octanol–water partition coefficient (Wildman–Crippen LogP) is 4.65. The van der Waals surface area contributed by atoms with Gasteiger partial charge in [-0.3, -0.25) is 9.52 Å². The maximum absolute atomic E-state index is 13.0. The minimum Gasteiger partial charge on any atom is -0.348 e. The quantitative estimate of drug-likeness (QED) is 0.607. The summed E-state index contributed by atoms with van der Waals surface area (Å²) in [5.74, 6) is -0.321. The van der Waals surface area contributed by atoms with Gasteiger partial charge in [0, 0.05) is 17.8 Å². The van der Waals surface area contributed by atoms with Crippen molar-refractivity contribution in [1.29, 1.82) is 0 Å². The van der Waals surface area contributed by atoms with E-state index in [1.54, 1.807) is 31.2 Å². The lowest BCUT2D eigenvalue weighted by Crippen LogP contribution is -2.23. The third-order valence-electron chi connectivity index (χ3n) is 5.07. The first-order valence-corrected chi connectivity index (χ1v) is 11.2. The Labute approximate surface area is 178 Å². The predicted molar refractivity (Wildman–Crippen MR) is 120 cm³/mol.